The van der Waals surface area contributed by atoms with Gasteiger partial charge in [-0.2, -0.15) is 0 Å². The fourth-order valence-corrected chi connectivity index (χ4v) is 0.803. The van der Waals surface area contributed by atoms with Gasteiger partial charge in [0.2, 0.25) is 0 Å². The van der Waals surface area contributed by atoms with E-state index in [1.165, 1.54) is 0 Å². The van der Waals surface area contributed by atoms with E-state index in [-0.39, 0.29) is 0 Å². The molecule has 0 saturated heterocycles. The summed E-state index contributed by atoms with van der Waals surface area (Å²) < 4.78 is 4.95. The van der Waals surface area contributed by atoms with Gasteiger partial charge in [0.1, 0.15) is 5.75 Å². The Hall–Kier alpha value is -2.02. The van der Waals surface area contributed by atoms with Crippen LogP contribution >= 0.6 is 11.6 Å². The van der Waals surface area contributed by atoms with Gasteiger partial charge >= 0.3 is 0 Å². The van der Waals surface area contributed by atoms with Crippen molar-refractivity contribution < 1.29 is 4.74 Å². The first kappa shape index (κ1) is 9.98. The number of aliphatic imine (C=N–C) groups is 1. The largest absolute Gasteiger partial charge is 0.497 e. The molecule has 0 N–H and O–H groups in total. The summed E-state index contributed by atoms with van der Waals surface area (Å²) >= 11 is 5.16. The monoisotopic (exact) mass is 435 g/mol. The molecule has 0 aliphatic heterocycles. The summed E-state index contributed by atoms with van der Waals surface area (Å²) in [6, 6.07) is 7.22. The van der Waals surface area contributed by atoms with E-state index < -0.39 is 0 Å². The van der Waals surface area contributed by atoms with Crippen LogP contribution in [0.15, 0.2) is 29.3 Å². The van der Waals surface area contributed by atoms with Gasteiger partial charge in [-0.25, -0.2) is 11.6 Å². The number of ether oxygens (including phenoxy) is 1. The maximum atomic E-state index is 5.16. The summed E-state index contributed by atoms with van der Waals surface area (Å²) in [5.41, 5.74) is 2.94. The SMILES string of the molecule is COc1ccc(N=[C-]Cl)cc1.[Rf]. The summed E-state index contributed by atoms with van der Waals surface area (Å²) in [6.45, 7) is 0. The third-order valence-electron chi connectivity index (χ3n) is 1.24. The molecular weight excluding hydrogens is 429 g/mol. The van der Waals surface area contributed by atoms with Crippen molar-refractivity contribution in [3.63, 3.8) is 0 Å². The van der Waals surface area contributed by atoms with Crippen LogP contribution in [-0.2, 0) is 0 Å². The molecule has 0 amide bonds. The van der Waals surface area contributed by atoms with Gasteiger partial charge in [0.25, 0.3) is 0 Å². The molecule has 0 radical (unpaired) electrons. The third-order valence-corrected chi connectivity index (χ3v) is 1.33. The third kappa shape index (κ3) is 2.31. The van der Waals surface area contributed by atoms with E-state index in [4.69, 9.17) is 16.3 Å². The predicted molar refractivity (Wildman–Crippen MR) is 45.9 cm³/mol. The molecule has 12 heavy (non-hydrogen) atoms. The number of nitrogens with zero attached hydrogens (tertiary/aromatic N) is 1. The van der Waals surface area contributed by atoms with E-state index >= 15 is 0 Å². The second-order valence-electron chi connectivity index (χ2n) is 1.89. The van der Waals surface area contributed by atoms with Gasteiger partial charge in [-0.1, -0.05) is 11.4 Å². The van der Waals surface area contributed by atoms with Crippen molar-refractivity contribution in [2.24, 2.45) is 4.99 Å². The predicted octanol–water partition coefficient (Wildman–Crippen LogP) is 2.47. The van der Waals surface area contributed by atoms with Crippen molar-refractivity contribution in [2.75, 3.05) is 7.11 Å². The van der Waals surface area contributed by atoms with Crippen LogP contribution in [0.1, 0.15) is 0 Å². The number of hydrogen-bond donors (Lipinski definition) is 0. The Labute approximate surface area is 70.5 Å². The average molecular weight is 436 g/mol. The summed E-state index contributed by atoms with van der Waals surface area (Å²) in [4.78, 5) is 3.74. The smallest absolute Gasteiger partial charge is 0.115 e. The summed E-state index contributed by atoms with van der Waals surface area (Å²) in [5.74, 6) is 0.804. The number of benzene rings is 1. The molecule has 4 heteroatoms. The molecule has 60 valence electrons. The van der Waals surface area contributed by atoms with E-state index in [0.29, 0.717) is 0 Å². The van der Waals surface area contributed by atoms with Gasteiger partial charge in [-0.15, -0.1) is 12.1 Å². The van der Waals surface area contributed by atoms with Crippen molar-refractivity contribution >= 4 is 23.0 Å². The summed E-state index contributed by atoms with van der Waals surface area (Å²) in [7, 11) is 1.62. The molecule has 1 aromatic carbocycles. The quantitative estimate of drug-likeness (QED) is 0.517. The van der Waals surface area contributed by atoms with Gasteiger partial charge < -0.3 is 9.73 Å². The molecule has 0 aliphatic rings. The Bertz CT molecular complexity index is 248. The van der Waals surface area contributed by atoms with E-state index in [1.807, 2.05) is 12.1 Å². The first-order valence-corrected chi connectivity index (χ1v) is 3.45. The molecule has 2 nitrogen and oxygen atoms in total. The van der Waals surface area contributed by atoms with Crippen LogP contribution in [-0.4, -0.2) is 12.8 Å². The normalized spacial score (nSPS) is 9.50. The van der Waals surface area contributed by atoms with Crippen molar-refractivity contribution in [1.82, 2.24) is 0 Å². The first-order chi connectivity index (χ1) is 5.36. The molecule has 1 rings (SSSR count). The van der Waals surface area contributed by atoms with E-state index in [9.17, 15) is 0 Å². The molecule has 0 heterocycles. The minimum absolute atomic E-state index is 0. The number of halogens is 1. The fraction of sp³-hybridized carbons (Fsp3) is 0.125. The molecule has 0 fully saturated rings. The van der Waals surface area contributed by atoms with Crippen molar-refractivity contribution in [1.29, 1.82) is 0 Å². The van der Waals surface area contributed by atoms with Gasteiger partial charge in [0, 0.05) is 0 Å². The Morgan fingerprint density at radius 1 is 1.33 bits per heavy atom. The van der Waals surface area contributed by atoms with Crippen LogP contribution in [0.3, 0.4) is 0 Å². The van der Waals surface area contributed by atoms with Crippen molar-refractivity contribution in [3.8, 4) is 5.75 Å². The first-order valence-electron chi connectivity index (χ1n) is 3.07. The van der Waals surface area contributed by atoms with Gasteiger partial charge in [-0.05, 0) is 12.1 Å². The van der Waals surface area contributed by atoms with E-state index in [2.05, 4.69) is 10.7 Å². The molecule has 0 aromatic heterocycles. The Morgan fingerprint density at radius 2 is 1.92 bits per heavy atom. The van der Waals surface area contributed by atoms with Crippen molar-refractivity contribution in [2.45, 2.75) is 0 Å². The number of methoxy groups -OCH3 is 1. The standard InChI is InChI=1S/C8H7ClNO.Rf/c1-11-8-4-2-7(3-5-8)10-6-9;/h2-5H,1H3;/q-1;. The van der Waals surface area contributed by atoms with Crippen LogP contribution in [0.25, 0.3) is 0 Å². The van der Waals surface area contributed by atoms with Crippen LogP contribution in [0.5, 0.6) is 5.75 Å². The summed E-state index contributed by atoms with van der Waals surface area (Å²) in [6.07, 6.45) is 0. The van der Waals surface area contributed by atoms with Gasteiger partial charge in [0.15, 0.2) is 0 Å². The van der Waals surface area contributed by atoms with Crippen LogP contribution in [0, 0.1) is 0 Å². The molecule has 0 bridgehead atoms. The maximum absolute atomic E-state index is 5.16. The second kappa shape index (κ2) is 4.74. The molecule has 0 saturated carbocycles. The number of rotatable bonds is 2. The van der Waals surface area contributed by atoms with E-state index in [0.717, 1.165) is 11.4 Å². The fourth-order valence-electron chi connectivity index (χ4n) is 0.706. The van der Waals surface area contributed by atoms with E-state index in [1.54, 1.807) is 19.2 Å². The minimum Gasteiger partial charge on any atom is -0.497 e. The Morgan fingerprint density at radius 3 is 2.33 bits per heavy atom. The molecule has 0 atom stereocenters. The topological polar surface area (TPSA) is 21.6 Å². The average Bonchev–Trinajstić information content (AvgIpc) is 2.07. The van der Waals surface area contributed by atoms with Crippen LogP contribution in [0.2, 0.25) is 0 Å². The summed E-state index contributed by atoms with van der Waals surface area (Å²) in [5, 5.41) is 0. The van der Waals surface area contributed by atoms with Crippen LogP contribution < -0.4 is 4.74 Å². The zero-order valence-corrected chi connectivity index (χ0v) is 13.9. The second-order valence-corrected chi connectivity index (χ2v) is 2.06. The molecule has 0 aliphatic carbocycles. The molecule has 0 spiro atoms. The maximum Gasteiger partial charge on any atom is 0.115 e. The minimum atomic E-state index is 0. The molecule has 0 unspecified atom stereocenters. The van der Waals surface area contributed by atoms with Crippen molar-refractivity contribution in [3.05, 3.63) is 24.3 Å². The molecule has 1 aromatic rings. The molecular formula is C8H7ClNORf-. The van der Waals surface area contributed by atoms with Gasteiger partial charge in [0.05, 0.1) is 7.11 Å². The Kier molecular flexibility index (Phi) is 3.94. The number of hydrogen-bond acceptors (Lipinski definition) is 2. The zero-order chi connectivity index (χ0) is 8.10. The van der Waals surface area contributed by atoms with Gasteiger partial charge in [-0.3, -0.25) is 0 Å². The van der Waals surface area contributed by atoms with Crippen LogP contribution in [0.4, 0.5) is 5.69 Å². The zero-order valence-electron chi connectivity index (χ0n) is 6.75. The Balaban J connectivity index is 0.00000121.